The first-order valence-electron chi connectivity index (χ1n) is 6.61. The predicted molar refractivity (Wildman–Crippen MR) is 74.0 cm³/mol. The van der Waals surface area contributed by atoms with E-state index in [1.54, 1.807) is 13.0 Å². The van der Waals surface area contributed by atoms with E-state index in [-0.39, 0.29) is 5.97 Å². The molecule has 1 aromatic carbocycles. The zero-order valence-electron chi connectivity index (χ0n) is 11.6. The smallest absolute Gasteiger partial charge is 0.307 e. The summed E-state index contributed by atoms with van der Waals surface area (Å²) in [7, 11) is 0. The van der Waals surface area contributed by atoms with E-state index >= 15 is 0 Å². The fraction of sp³-hybridized carbons (Fsp3) is 0.467. The summed E-state index contributed by atoms with van der Waals surface area (Å²) in [5, 5.41) is 0. The predicted octanol–water partition coefficient (Wildman–Crippen LogP) is 2.27. The molecule has 0 aromatic heterocycles. The van der Waals surface area contributed by atoms with Crippen LogP contribution in [0.15, 0.2) is 24.3 Å². The Bertz CT molecular complexity index is 418. The van der Waals surface area contributed by atoms with E-state index in [2.05, 4.69) is 11.8 Å². The summed E-state index contributed by atoms with van der Waals surface area (Å²) >= 11 is 0. The first-order valence-corrected chi connectivity index (χ1v) is 6.61. The highest BCUT2D eigenvalue weighted by Gasteiger charge is 2.08. The van der Waals surface area contributed by atoms with E-state index in [1.165, 1.54) is 0 Å². The lowest BCUT2D eigenvalue weighted by Crippen LogP contribution is -2.26. The van der Waals surface area contributed by atoms with Crippen LogP contribution in [0.5, 0.6) is 0 Å². The van der Waals surface area contributed by atoms with Gasteiger partial charge in [0.25, 0.3) is 0 Å². The molecule has 0 fully saturated rings. The third kappa shape index (κ3) is 5.66. The number of nitrogens with zero attached hydrogens (tertiary/aromatic N) is 1. The van der Waals surface area contributed by atoms with Crippen molar-refractivity contribution in [1.82, 2.24) is 4.90 Å². The first kappa shape index (κ1) is 15.4. The van der Waals surface area contributed by atoms with Gasteiger partial charge in [-0.3, -0.25) is 14.5 Å². The highest BCUT2D eigenvalue weighted by atomic mass is 16.5. The summed E-state index contributed by atoms with van der Waals surface area (Å²) in [6, 6.07) is 7.52. The van der Waals surface area contributed by atoms with Crippen molar-refractivity contribution in [3.05, 3.63) is 35.4 Å². The number of hydrogen-bond donors (Lipinski definition) is 0. The van der Waals surface area contributed by atoms with Crippen LogP contribution in [0.3, 0.4) is 0 Å². The summed E-state index contributed by atoms with van der Waals surface area (Å²) in [6.07, 6.45) is 1.24. The van der Waals surface area contributed by atoms with Crippen molar-refractivity contribution in [3.63, 3.8) is 0 Å². The average molecular weight is 263 g/mol. The molecule has 0 aliphatic heterocycles. The van der Waals surface area contributed by atoms with Gasteiger partial charge in [0.15, 0.2) is 0 Å². The summed E-state index contributed by atoms with van der Waals surface area (Å²) in [5.74, 6) is -0.164. The number of benzene rings is 1. The second-order valence-electron chi connectivity index (χ2n) is 4.29. The molecular formula is C15H21NO3. The van der Waals surface area contributed by atoms with Gasteiger partial charge in [-0.25, -0.2) is 0 Å². The molecule has 0 bridgehead atoms. The van der Waals surface area contributed by atoms with Crippen molar-refractivity contribution < 1.29 is 14.3 Å². The van der Waals surface area contributed by atoms with E-state index in [0.717, 1.165) is 24.9 Å². The SMILES string of the molecule is CCOC(=O)CCN(CC)Cc1cccc(C=O)c1. The second kappa shape index (κ2) is 8.43. The van der Waals surface area contributed by atoms with E-state index in [0.29, 0.717) is 25.1 Å². The maximum atomic E-state index is 11.3. The number of hydrogen-bond acceptors (Lipinski definition) is 4. The van der Waals surface area contributed by atoms with Crippen LogP contribution in [-0.4, -0.2) is 36.9 Å². The molecule has 4 nitrogen and oxygen atoms in total. The zero-order valence-corrected chi connectivity index (χ0v) is 11.6. The molecule has 0 atom stereocenters. The van der Waals surface area contributed by atoms with Crippen molar-refractivity contribution in [3.8, 4) is 0 Å². The quantitative estimate of drug-likeness (QED) is 0.533. The highest BCUT2D eigenvalue weighted by molar-refractivity contribution is 5.74. The van der Waals surface area contributed by atoms with Gasteiger partial charge in [0.2, 0.25) is 0 Å². The molecule has 0 saturated heterocycles. The van der Waals surface area contributed by atoms with E-state index < -0.39 is 0 Å². The van der Waals surface area contributed by atoms with E-state index in [4.69, 9.17) is 4.74 Å². The van der Waals surface area contributed by atoms with E-state index in [1.807, 2.05) is 18.2 Å². The number of carbonyl (C=O) groups is 2. The third-order valence-corrected chi connectivity index (χ3v) is 2.88. The van der Waals surface area contributed by atoms with Crippen LogP contribution < -0.4 is 0 Å². The maximum absolute atomic E-state index is 11.3. The molecule has 4 heteroatoms. The fourth-order valence-electron chi connectivity index (χ4n) is 1.85. The van der Waals surface area contributed by atoms with Crippen LogP contribution in [0.4, 0.5) is 0 Å². The van der Waals surface area contributed by atoms with Gasteiger partial charge in [0.1, 0.15) is 6.29 Å². The Kier molecular flexibility index (Phi) is 6.82. The Hall–Kier alpha value is -1.68. The minimum atomic E-state index is -0.164. The molecule has 0 amide bonds. The second-order valence-corrected chi connectivity index (χ2v) is 4.29. The minimum absolute atomic E-state index is 0.164. The van der Waals surface area contributed by atoms with Crippen molar-refractivity contribution >= 4 is 12.3 Å². The Balaban J connectivity index is 2.51. The normalized spacial score (nSPS) is 10.5. The van der Waals surface area contributed by atoms with Crippen molar-refractivity contribution in [2.75, 3.05) is 19.7 Å². The topological polar surface area (TPSA) is 46.6 Å². The lowest BCUT2D eigenvalue weighted by Gasteiger charge is -2.20. The third-order valence-electron chi connectivity index (χ3n) is 2.88. The fourth-order valence-corrected chi connectivity index (χ4v) is 1.85. The van der Waals surface area contributed by atoms with Crippen LogP contribution in [-0.2, 0) is 16.1 Å². The molecule has 104 valence electrons. The minimum Gasteiger partial charge on any atom is -0.466 e. The van der Waals surface area contributed by atoms with Gasteiger partial charge in [-0.15, -0.1) is 0 Å². The van der Waals surface area contributed by atoms with Gasteiger partial charge in [-0.1, -0.05) is 25.1 Å². The number of rotatable bonds is 8. The summed E-state index contributed by atoms with van der Waals surface area (Å²) in [6.45, 7) is 6.53. The van der Waals surface area contributed by atoms with Gasteiger partial charge in [0, 0.05) is 18.7 Å². The van der Waals surface area contributed by atoms with Gasteiger partial charge in [-0.05, 0) is 25.1 Å². The van der Waals surface area contributed by atoms with Crippen LogP contribution in [0.25, 0.3) is 0 Å². The average Bonchev–Trinajstić information content (AvgIpc) is 2.44. The largest absolute Gasteiger partial charge is 0.466 e. The lowest BCUT2D eigenvalue weighted by molar-refractivity contribution is -0.143. The summed E-state index contributed by atoms with van der Waals surface area (Å²) in [4.78, 5) is 24.2. The van der Waals surface area contributed by atoms with Gasteiger partial charge >= 0.3 is 5.97 Å². The van der Waals surface area contributed by atoms with Gasteiger partial charge < -0.3 is 4.74 Å². The molecule has 0 aliphatic rings. The zero-order chi connectivity index (χ0) is 14.1. The van der Waals surface area contributed by atoms with Crippen LogP contribution in [0, 0.1) is 0 Å². The molecule has 0 unspecified atom stereocenters. The lowest BCUT2D eigenvalue weighted by atomic mass is 10.1. The molecule has 1 aromatic rings. The number of esters is 1. The Morgan fingerprint density at radius 2 is 2.16 bits per heavy atom. The van der Waals surface area contributed by atoms with Crippen molar-refractivity contribution in [2.45, 2.75) is 26.8 Å². The molecule has 19 heavy (non-hydrogen) atoms. The van der Waals surface area contributed by atoms with Gasteiger partial charge in [0.05, 0.1) is 13.0 Å². The van der Waals surface area contributed by atoms with Crippen LogP contribution in [0.1, 0.15) is 36.2 Å². The number of ether oxygens (including phenoxy) is 1. The highest BCUT2D eigenvalue weighted by Crippen LogP contribution is 2.07. The maximum Gasteiger partial charge on any atom is 0.307 e. The number of aldehydes is 1. The Morgan fingerprint density at radius 3 is 2.79 bits per heavy atom. The molecule has 0 saturated carbocycles. The number of carbonyl (C=O) groups excluding carboxylic acids is 2. The van der Waals surface area contributed by atoms with Gasteiger partial charge in [-0.2, -0.15) is 0 Å². The molecule has 0 N–H and O–H groups in total. The molecular weight excluding hydrogens is 242 g/mol. The molecule has 0 spiro atoms. The standard InChI is InChI=1S/C15H21NO3/c1-3-16(9-8-15(18)19-4-2)11-13-6-5-7-14(10-13)12-17/h5-7,10,12H,3-4,8-9,11H2,1-2H3. The van der Waals surface area contributed by atoms with Crippen molar-refractivity contribution in [1.29, 1.82) is 0 Å². The first-order chi connectivity index (χ1) is 9.19. The van der Waals surface area contributed by atoms with E-state index in [9.17, 15) is 9.59 Å². The van der Waals surface area contributed by atoms with Crippen molar-refractivity contribution in [2.24, 2.45) is 0 Å². The molecule has 1 rings (SSSR count). The monoisotopic (exact) mass is 263 g/mol. The Morgan fingerprint density at radius 1 is 1.37 bits per heavy atom. The molecule has 0 aliphatic carbocycles. The Labute approximate surface area is 114 Å². The summed E-state index contributed by atoms with van der Waals surface area (Å²) in [5.41, 5.74) is 1.76. The van der Waals surface area contributed by atoms with Crippen LogP contribution >= 0.6 is 0 Å². The van der Waals surface area contributed by atoms with Crippen LogP contribution in [0.2, 0.25) is 0 Å². The summed E-state index contributed by atoms with van der Waals surface area (Å²) < 4.78 is 4.91. The molecule has 0 heterocycles. The molecule has 0 radical (unpaired) electrons.